The van der Waals surface area contributed by atoms with Gasteiger partial charge < -0.3 is 10.5 Å². The number of aryl methyl sites for hydroxylation is 1. The van der Waals surface area contributed by atoms with Crippen LogP contribution in [0.3, 0.4) is 0 Å². The molecule has 2 rings (SSSR count). The lowest BCUT2D eigenvalue weighted by Crippen LogP contribution is -2.23. The zero-order valence-electron chi connectivity index (χ0n) is 11.1. The molecule has 2 aromatic rings. The molecule has 108 valence electrons. The van der Waals surface area contributed by atoms with Crippen LogP contribution in [0.25, 0.3) is 0 Å². The predicted octanol–water partition coefficient (Wildman–Crippen LogP) is 1.52. The molecule has 1 aromatic heterocycles. The molecule has 0 aliphatic heterocycles. The fourth-order valence-corrected chi connectivity index (χ4v) is 3.27. The van der Waals surface area contributed by atoms with Crippen molar-refractivity contribution in [1.29, 1.82) is 0 Å². The molecule has 0 saturated heterocycles. The lowest BCUT2D eigenvalue weighted by atomic mass is 10.3. The van der Waals surface area contributed by atoms with E-state index in [4.69, 9.17) is 10.5 Å². The van der Waals surface area contributed by atoms with Gasteiger partial charge in [-0.25, -0.2) is 18.1 Å². The molecule has 1 aromatic carbocycles. The maximum Gasteiger partial charge on any atom is 0.241 e. The van der Waals surface area contributed by atoms with E-state index >= 15 is 0 Å². The Morgan fingerprint density at radius 3 is 2.75 bits per heavy atom. The maximum absolute atomic E-state index is 12.1. The van der Waals surface area contributed by atoms with E-state index in [2.05, 4.69) is 9.71 Å². The Kier molecular flexibility index (Phi) is 4.26. The molecule has 0 fully saturated rings. The van der Waals surface area contributed by atoms with Gasteiger partial charge in [-0.2, -0.15) is 0 Å². The van der Waals surface area contributed by atoms with Gasteiger partial charge in [0.1, 0.15) is 5.75 Å². The fraction of sp³-hybridized carbons (Fsp3) is 0.250. The molecule has 0 aliphatic carbocycles. The highest BCUT2D eigenvalue weighted by Gasteiger charge is 2.16. The molecule has 3 N–H and O–H groups in total. The Morgan fingerprint density at radius 1 is 1.45 bits per heavy atom. The van der Waals surface area contributed by atoms with Gasteiger partial charge in [-0.3, -0.25) is 0 Å². The molecular formula is C12H15N3O3S2. The van der Waals surface area contributed by atoms with Gasteiger partial charge >= 0.3 is 0 Å². The van der Waals surface area contributed by atoms with Crippen LogP contribution in [0.4, 0.5) is 5.69 Å². The second kappa shape index (κ2) is 5.78. The lowest BCUT2D eigenvalue weighted by Gasteiger charge is -2.08. The van der Waals surface area contributed by atoms with Gasteiger partial charge in [0, 0.05) is 5.38 Å². The first-order valence-corrected chi connectivity index (χ1v) is 8.13. The molecule has 0 atom stereocenters. The monoisotopic (exact) mass is 313 g/mol. The molecule has 0 unspecified atom stereocenters. The summed E-state index contributed by atoms with van der Waals surface area (Å²) in [6.45, 7) is 2.02. The number of hydrogen-bond donors (Lipinski definition) is 2. The highest BCUT2D eigenvalue weighted by molar-refractivity contribution is 7.89. The van der Waals surface area contributed by atoms with Crippen LogP contribution < -0.4 is 15.2 Å². The smallest absolute Gasteiger partial charge is 0.241 e. The fourth-order valence-electron chi connectivity index (χ4n) is 1.62. The second-order valence-electron chi connectivity index (χ2n) is 4.09. The molecular weight excluding hydrogens is 298 g/mol. The standard InChI is InChI=1S/C12H15N3O3S2/c1-8-15-9(7-19-8)6-14-20(16,17)10-3-4-12(18-2)11(13)5-10/h3-5,7,14H,6,13H2,1-2H3. The number of ether oxygens (including phenoxy) is 1. The number of rotatable bonds is 5. The van der Waals surface area contributed by atoms with E-state index in [-0.39, 0.29) is 17.1 Å². The van der Waals surface area contributed by atoms with Crippen molar-refractivity contribution in [2.24, 2.45) is 0 Å². The maximum atomic E-state index is 12.1. The van der Waals surface area contributed by atoms with E-state index in [9.17, 15) is 8.42 Å². The number of nitrogens with zero attached hydrogens (tertiary/aromatic N) is 1. The van der Waals surface area contributed by atoms with Crippen LogP contribution in [0.15, 0.2) is 28.5 Å². The van der Waals surface area contributed by atoms with Crippen molar-refractivity contribution in [3.8, 4) is 5.75 Å². The highest BCUT2D eigenvalue weighted by atomic mass is 32.2. The van der Waals surface area contributed by atoms with Crippen LogP contribution in [0, 0.1) is 6.92 Å². The van der Waals surface area contributed by atoms with E-state index in [0.29, 0.717) is 11.4 Å². The number of nitrogen functional groups attached to an aromatic ring is 1. The molecule has 0 saturated carbocycles. The Labute approximate surface area is 121 Å². The van der Waals surface area contributed by atoms with Crippen LogP contribution in [-0.4, -0.2) is 20.5 Å². The summed E-state index contributed by atoms with van der Waals surface area (Å²) in [4.78, 5) is 4.30. The first kappa shape index (κ1) is 14.8. The van der Waals surface area contributed by atoms with Gasteiger partial charge in [0.25, 0.3) is 0 Å². The normalized spacial score (nSPS) is 11.5. The quantitative estimate of drug-likeness (QED) is 0.816. The van der Waals surface area contributed by atoms with E-state index in [1.54, 1.807) is 0 Å². The molecule has 1 heterocycles. The van der Waals surface area contributed by atoms with E-state index in [0.717, 1.165) is 5.01 Å². The zero-order valence-corrected chi connectivity index (χ0v) is 12.7. The van der Waals surface area contributed by atoms with Crippen molar-refractivity contribution in [2.75, 3.05) is 12.8 Å². The van der Waals surface area contributed by atoms with Crippen molar-refractivity contribution in [3.63, 3.8) is 0 Å². The average molecular weight is 313 g/mol. The van der Waals surface area contributed by atoms with Gasteiger partial charge in [0.2, 0.25) is 10.0 Å². The van der Waals surface area contributed by atoms with Gasteiger partial charge in [0.15, 0.2) is 0 Å². The Morgan fingerprint density at radius 2 is 2.20 bits per heavy atom. The van der Waals surface area contributed by atoms with Gasteiger partial charge in [-0.1, -0.05) is 0 Å². The second-order valence-corrected chi connectivity index (χ2v) is 6.92. The number of methoxy groups -OCH3 is 1. The summed E-state index contributed by atoms with van der Waals surface area (Å²) < 4.78 is 31.8. The lowest BCUT2D eigenvalue weighted by molar-refractivity contribution is 0.416. The first-order valence-electron chi connectivity index (χ1n) is 5.76. The molecule has 0 spiro atoms. The van der Waals surface area contributed by atoms with E-state index in [1.807, 2.05) is 12.3 Å². The van der Waals surface area contributed by atoms with Gasteiger partial charge in [-0.15, -0.1) is 11.3 Å². The van der Waals surface area contributed by atoms with Crippen molar-refractivity contribution in [2.45, 2.75) is 18.4 Å². The number of sulfonamides is 1. The minimum absolute atomic E-state index is 0.0998. The summed E-state index contributed by atoms with van der Waals surface area (Å²) in [5, 5.41) is 2.72. The van der Waals surface area contributed by atoms with Crippen molar-refractivity contribution in [1.82, 2.24) is 9.71 Å². The third-order valence-electron chi connectivity index (χ3n) is 2.62. The molecule has 6 nitrogen and oxygen atoms in total. The molecule has 0 amide bonds. The third-order valence-corrected chi connectivity index (χ3v) is 4.84. The first-order chi connectivity index (χ1) is 9.42. The van der Waals surface area contributed by atoms with Crippen LogP contribution in [0.5, 0.6) is 5.75 Å². The summed E-state index contributed by atoms with van der Waals surface area (Å²) in [6.07, 6.45) is 0. The Balaban J connectivity index is 2.15. The number of anilines is 1. The number of thiazole rings is 1. The molecule has 8 heteroatoms. The topological polar surface area (TPSA) is 94.3 Å². The van der Waals surface area contributed by atoms with Crippen molar-refractivity contribution in [3.05, 3.63) is 34.3 Å². The molecule has 0 radical (unpaired) electrons. The summed E-state index contributed by atoms with van der Waals surface area (Å²) in [6, 6.07) is 4.34. The summed E-state index contributed by atoms with van der Waals surface area (Å²) >= 11 is 1.48. The molecule has 20 heavy (non-hydrogen) atoms. The SMILES string of the molecule is COc1ccc(S(=O)(=O)NCc2csc(C)n2)cc1N. The Hall–Kier alpha value is -1.64. The van der Waals surface area contributed by atoms with Crippen LogP contribution in [0.1, 0.15) is 10.7 Å². The number of nitrogens with one attached hydrogen (secondary N) is 1. The minimum Gasteiger partial charge on any atom is -0.495 e. The number of aromatic nitrogens is 1. The van der Waals surface area contributed by atoms with Gasteiger partial charge in [0.05, 0.1) is 34.9 Å². The number of nitrogens with two attached hydrogens (primary N) is 1. The molecule has 0 aliphatic rings. The Bertz CT molecular complexity index is 710. The largest absolute Gasteiger partial charge is 0.495 e. The van der Waals surface area contributed by atoms with Crippen LogP contribution in [-0.2, 0) is 16.6 Å². The van der Waals surface area contributed by atoms with Gasteiger partial charge in [-0.05, 0) is 25.1 Å². The number of benzene rings is 1. The predicted molar refractivity (Wildman–Crippen MR) is 78.3 cm³/mol. The molecule has 0 bridgehead atoms. The zero-order chi connectivity index (χ0) is 14.8. The summed E-state index contributed by atoms with van der Waals surface area (Å²) in [7, 11) is -2.14. The summed E-state index contributed by atoms with van der Waals surface area (Å²) in [5.41, 5.74) is 6.68. The van der Waals surface area contributed by atoms with Crippen molar-refractivity contribution >= 4 is 27.0 Å². The van der Waals surface area contributed by atoms with E-state index < -0.39 is 10.0 Å². The van der Waals surface area contributed by atoms with E-state index in [1.165, 1.54) is 36.6 Å². The average Bonchev–Trinajstić information content (AvgIpc) is 2.82. The summed E-state index contributed by atoms with van der Waals surface area (Å²) in [5.74, 6) is 0.444. The van der Waals surface area contributed by atoms with Crippen LogP contribution >= 0.6 is 11.3 Å². The number of hydrogen-bond acceptors (Lipinski definition) is 6. The highest BCUT2D eigenvalue weighted by Crippen LogP contribution is 2.24. The third kappa shape index (κ3) is 3.27. The van der Waals surface area contributed by atoms with Crippen LogP contribution in [0.2, 0.25) is 0 Å². The van der Waals surface area contributed by atoms with Crippen molar-refractivity contribution < 1.29 is 13.2 Å². The minimum atomic E-state index is -3.62.